The number of para-hydroxylation sites is 1. The standard InChI is InChI=1S/C39H28FN5O/c1-2-25(23-24-40)39-41-32-22-21-31-30-15-9-10-16-33(30)45(34(31)35(32)46-39)29-19-17-28(18-20-29)38-43-36(26-11-5-3-6-12-26)42-37(44-38)27-13-7-4-8-14-27/h3-25H,2H2,1H3/b24-23-. The van der Waals surface area contributed by atoms with E-state index in [9.17, 15) is 4.39 Å². The van der Waals surface area contributed by atoms with Crippen LogP contribution in [0.15, 0.2) is 138 Å². The van der Waals surface area contributed by atoms with Crippen LogP contribution in [0.4, 0.5) is 4.39 Å². The summed E-state index contributed by atoms with van der Waals surface area (Å²) in [6, 6.07) is 40.5. The molecule has 7 heteroatoms. The molecule has 0 N–H and O–H groups in total. The lowest BCUT2D eigenvalue weighted by Gasteiger charge is -2.11. The van der Waals surface area contributed by atoms with Crippen molar-refractivity contribution in [2.45, 2.75) is 19.3 Å². The summed E-state index contributed by atoms with van der Waals surface area (Å²) in [5.74, 6) is 2.09. The third-order valence-electron chi connectivity index (χ3n) is 8.35. The first kappa shape index (κ1) is 27.6. The maximum atomic E-state index is 13.2. The highest BCUT2D eigenvalue weighted by Gasteiger charge is 2.21. The topological polar surface area (TPSA) is 69.6 Å². The fourth-order valence-electron chi connectivity index (χ4n) is 6.06. The molecule has 3 aromatic heterocycles. The van der Waals surface area contributed by atoms with E-state index in [1.165, 1.54) is 6.08 Å². The van der Waals surface area contributed by atoms with Gasteiger partial charge >= 0.3 is 0 Å². The van der Waals surface area contributed by atoms with Crippen LogP contribution in [-0.4, -0.2) is 24.5 Å². The van der Waals surface area contributed by atoms with Gasteiger partial charge in [0, 0.05) is 33.2 Å². The zero-order valence-electron chi connectivity index (χ0n) is 25.0. The number of allylic oxidation sites excluding steroid dienone is 1. The number of fused-ring (bicyclic) bond motifs is 5. The van der Waals surface area contributed by atoms with E-state index in [0.29, 0.717) is 41.7 Å². The van der Waals surface area contributed by atoms with E-state index in [-0.39, 0.29) is 5.92 Å². The molecule has 1 unspecified atom stereocenters. The number of benzene rings is 5. The predicted octanol–water partition coefficient (Wildman–Crippen LogP) is 10.1. The molecule has 0 saturated heterocycles. The number of hydrogen-bond donors (Lipinski definition) is 0. The number of nitrogens with zero attached hydrogens (tertiary/aromatic N) is 5. The number of halogens is 1. The molecule has 0 spiro atoms. The van der Waals surface area contributed by atoms with Crippen molar-refractivity contribution in [2.24, 2.45) is 0 Å². The molecule has 0 aliphatic carbocycles. The van der Waals surface area contributed by atoms with Crippen LogP contribution >= 0.6 is 0 Å². The van der Waals surface area contributed by atoms with Gasteiger partial charge in [-0.05, 0) is 55.0 Å². The smallest absolute Gasteiger partial charge is 0.202 e. The highest BCUT2D eigenvalue weighted by Crippen LogP contribution is 2.38. The third-order valence-corrected chi connectivity index (χ3v) is 8.35. The molecule has 222 valence electrons. The molecular weight excluding hydrogens is 573 g/mol. The molecule has 8 aromatic rings. The second-order valence-electron chi connectivity index (χ2n) is 11.1. The Hall–Kier alpha value is -5.95. The van der Waals surface area contributed by atoms with E-state index < -0.39 is 0 Å². The van der Waals surface area contributed by atoms with Crippen LogP contribution in [0.25, 0.3) is 72.8 Å². The lowest BCUT2D eigenvalue weighted by molar-refractivity contribution is 0.497. The minimum atomic E-state index is -0.244. The van der Waals surface area contributed by atoms with Crippen LogP contribution in [-0.2, 0) is 0 Å². The van der Waals surface area contributed by atoms with Crippen LogP contribution in [0.5, 0.6) is 0 Å². The summed E-state index contributed by atoms with van der Waals surface area (Å²) in [4.78, 5) is 19.4. The van der Waals surface area contributed by atoms with Crippen molar-refractivity contribution < 1.29 is 8.81 Å². The molecule has 3 heterocycles. The molecular formula is C39H28FN5O. The van der Waals surface area contributed by atoms with E-state index in [1.807, 2.05) is 97.9 Å². The second kappa shape index (κ2) is 11.5. The van der Waals surface area contributed by atoms with E-state index >= 15 is 0 Å². The van der Waals surface area contributed by atoms with Crippen molar-refractivity contribution in [1.82, 2.24) is 24.5 Å². The number of rotatable bonds is 7. The summed E-state index contributed by atoms with van der Waals surface area (Å²) in [5, 5.41) is 2.16. The summed E-state index contributed by atoms with van der Waals surface area (Å²) >= 11 is 0. The van der Waals surface area contributed by atoms with Gasteiger partial charge in [-0.2, -0.15) is 0 Å². The Balaban J connectivity index is 1.29. The molecule has 6 nitrogen and oxygen atoms in total. The molecule has 8 rings (SSSR count). The highest BCUT2D eigenvalue weighted by atomic mass is 19.1. The van der Waals surface area contributed by atoms with Gasteiger partial charge in [0.1, 0.15) is 5.52 Å². The Kier molecular flexibility index (Phi) is 6.91. The van der Waals surface area contributed by atoms with Crippen molar-refractivity contribution >= 4 is 32.9 Å². The van der Waals surface area contributed by atoms with Crippen LogP contribution in [0, 0.1) is 0 Å². The van der Waals surface area contributed by atoms with Gasteiger partial charge < -0.3 is 8.98 Å². The molecule has 5 aromatic carbocycles. The Bertz CT molecular complexity index is 2300. The molecule has 46 heavy (non-hydrogen) atoms. The Labute approximate surface area is 264 Å². The van der Waals surface area contributed by atoms with Gasteiger partial charge in [0.2, 0.25) is 5.89 Å². The minimum Gasteiger partial charge on any atom is -0.438 e. The van der Waals surface area contributed by atoms with Gasteiger partial charge in [0.15, 0.2) is 23.1 Å². The molecule has 0 radical (unpaired) electrons. The van der Waals surface area contributed by atoms with Gasteiger partial charge in [-0.1, -0.05) is 85.8 Å². The summed E-state index contributed by atoms with van der Waals surface area (Å²) < 4.78 is 21.8. The molecule has 0 amide bonds. The molecule has 0 bridgehead atoms. The van der Waals surface area contributed by atoms with E-state index in [4.69, 9.17) is 24.4 Å². The predicted molar refractivity (Wildman–Crippen MR) is 181 cm³/mol. The van der Waals surface area contributed by atoms with Gasteiger partial charge in [-0.3, -0.25) is 0 Å². The monoisotopic (exact) mass is 601 g/mol. The summed E-state index contributed by atoms with van der Waals surface area (Å²) in [6.45, 7) is 1.99. The lowest BCUT2D eigenvalue weighted by atomic mass is 10.1. The van der Waals surface area contributed by atoms with Gasteiger partial charge in [0.05, 0.1) is 23.3 Å². The van der Waals surface area contributed by atoms with Crippen LogP contribution in [0.3, 0.4) is 0 Å². The van der Waals surface area contributed by atoms with Crippen LogP contribution < -0.4 is 0 Å². The Morgan fingerprint density at radius 2 is 1.24 bits per heavy atom. The average Bonchev–Trinajstić information content (AvgIpc) is 3.71. The van der Waals surface area contributed by atoms with Gasteiger partial charge in [-0.25, -0.2) is 24.3 Å². The number of aromatic nitrogens is 5. The highest BCUT2D eigenvalue weighted by molar-refractivity contribution is 6.16. The number of oxazole rings is 1. The van der Waals surface area contributed by atoms with Crippen molar-refractivity contribution in [2.75, 3.05) is 0 Å². The van der Waals surface area contributed by atoms with Crippen molar-refractivity contribution in [3.8, 4) is 39.9 Å². The van der Waals surface area contributed by atoms with Gasteiger partial charge in [0.25, 0.3) is 0 Å². The first-order valence-electron chi connectivity index (χ1n) is 15.3. The lowest BCUT2D eigenvalue weighted by Crippen LogP contribution is -2.00. The molecule has 0 fully saturated rings. The maximum Gasteiger partial charge on any atom is 0.202 e. The summed E-state index contributed by atoms with van der Waals surface area (Å²) in [7, 11) is 0. The normalized spacial score (nSPS) is 12.5. The minimum absolute atomic E-state index is 0.244. The fourth-order valence-corrected chi connectivity index (χ4v) is 6.06. The Morgan fingerprint density at radius 1 is 0.652 bits per heavy atom. The quantitative estimate of drug-likeness (QED) is 0.182. The van der Waals surface area contributed by atoms with Crippen molar-refractivity contribution in [3.05, 3.63) is 140 Å². The maximum absolute atomic E-state index is 13.2. The molecule has 0 saturated carbocycles. The first-order valence-corrected chi connectivity index (χ1v) is 15.3. The SMILES string of the molecule is CCC(/C=C\F)c1nc2ccc3c4ccccc4n(-c4ccc(-c5nc(-c6ccccc6)nc(-c6ccccc6)n5)cc4)c3c2o1. The molecule has 0 aliphatic heterocycles. The Morgan fingerprint density at radius 3 is 1.85 bits per heavy atom. The second-order valence-corrected chi connectivity index (χ2v) is 11.1. The van der Waals surface area contributed by atoms with Crippen LogP contribution in [0.1, 0.15) is 25.2 Å². The zero-order valence-corrected chi connectivity index (χ0v) is 25.0. The van der Waals surface area contributed by atoms with E-state index in [1.54, 1.807) is 0 Å². The zero-order chi connectivity index (χ0) is 31.0. The van der Waals surface area contributed by atoms with E-state index in [2.05, 4.69) is 34.9 Å². The average molecular weight is 602 g/mol. The fraction of sp³-hybridized carbons (Fsp3) is 0.0769. The third kappa shape index (κ3) is 4.73. The van der Waals surface area contributed by atoms with Crippen LogP contribution in [0.2, 0.25) is 0 Å². The largest absolute Gasteiger partial charge is 0.438 e. The summed E-state index contributed by atoms with van der Waals surface area (Å²) in [5.41, 5.74) is 7.05. The van der Waals surface area contributed by atoms with E-state index in [0.717, 1.165) is 49.7 Å². The number of hydrogen-bond acceptors (Lipinski definition) is 5. The first-order chi connectivity index (χ1) is 22.7. The van der Waals surface area contributed by atoms with Crippen molar-refractivity contribution in [3.63, 3.8) is 0 Å². The van der Waals surface area contributed by atoms with Crippen molar-refractivity contribution in [1.29, 1.82) is 0 Å². The van der Waals surface area contributed by atoms with Gasteiger partial charge in [-0.15, -0.1) is 0 Å². The molecule has 1 atom stereocenters. The molecule has 0 aliphatic rings. The summed E-state index contributed by atoms with van der Waals surface area (Å²) in [6.07, 6.45) is 2.73.